The van der Waals surface area contributed by atoms with Crippen LogP contribution < -0.4 is 0 Å². The molecule has 21 heavy (non-hydrogen) atoms. The smallest absolute Gasteiger partial charge is 0.192 e. The molecule has 0 saturated carbocycles. The SMILES string of the molecule is C/C=C(\c1ccccc1)[C@@H](O[Si](CC)(CC)CC)C(C)C. The Morgan fingerprint density at radius 3 is 1.95 bits per heavy atom. The fraction of sp³-hybridized carbons (Fsp3) is 0.579. The van der Waals surface area contributed by atoms with Gasteiger partial charge in [0.1, 0.15) is 0 Å². The van der Waals surface area contributed by atoms with Crippen molar-refractivity contribution in [1.82, 2.24) is 0 Å². The van der Waals surface area contributed by atoms with Crippen molar-refractivity contribution in [3.05, 3.63) is 42.0 Å². The summed E-state index contributed by atoms with van der Waals surface area (Å²) in [6.07, 6.45) is 2.45. The van der Waals surface area contributed by atoms with Gasteiger partial charge in [0.2, 0.25) is 0 Å². The minimum atomic E-state index is -1.60. The Kier molecular flexibility index (Phi) is 7.40. The van der Waals surface area contributed by atoms with E-state index >= 15 is 0 Å². The van der Waals surface area contributed by atoms with E-state index in [0.29, 0.717) is 5.92 Å². The molecule has 1 nitrogen and oxygen atoms in total. The molecule has 0 aromatic heterocycles. The van der Waals surface area contributed by atoms with Crippen LogP contribution in [0.2, 0.25) is 18.1 Å². The summed E-state index contributed by atoms with van der Waals surface area (Å²) in [6.45, 7) is 13.6. The Hall–Kier alpha value is -0.863. The number of hydrogen-bond acceptors (Lipinski definition) is 1. The monoisotopic (exact) mass is 304 g/mol. The van der Waals surface area contributed by atoms with Gasteiger partial charge in [-0.2, -0.15) is 0 Å². The van der Waals surface area contributed by atoms with Crippen LogP contribution in [0.1, 0.15) is 47.1 Å². The van der Waals surface area contributed by atoms with Crippen molar-refractivity contribution >= 4 is 13.9 Å². The van der Waals surface area contributed by atoms with Crippen molar-refractivity contribution in [1.29, 1.82) is 0 Å². The molecule has 0 bridgehead atoms. The van der Waals surface area contributed by atoms with Gasteiger partial charge in [-0.05, 0) is 42.1 Å². The van der Waals surface area contributed by atoms with Gasteiger partial charge in [0.05, 0.1) is 6.10 Å². The number of benzene rings is 1. The molecule has 0 saturated heterocycles. The van der Waals surface area contributed by atoms with Gasteiger partial charge < -0.3 is 4.43 Å². The average Bonchev–Trinajstić information content (AvgIpc) is 2.52. The zero-order valence-corrected chi connectivity index (χ0v) is 15.6. The second-order valence-corrected chi connectivity index (χ2v) is 10.9. The summed E-state index contributed by atoms with van der Waals surface area (Å²) in [5.41, 5.74) is 2.64. The normalized spacial score (nSPS) is 14.5. The Labute approximate surface area is 132 Å². The molecule has 0 unspecified atom stereocenters. The van der Waals surface area contributed by atoms with E-state index in [1.165, 1.54) is 29.3 Å². The van der Waals surface area contributed by atoms with Crippen molar-refractivity contribution in [2.24, 2.45) is 5.92 Å². The summed E-state index contributed by atoms with van der Waals surface area (Å²) in [7, 11) is -1.60. The predicted molar refractivity (Wildman–Crippen MR) is 97.0 cm³/mol. The molecule has 0 heterocycles. The first-order valence-corrected chi connectivity index (χ1v) is 11.0. The van der Waals surface area contributed by atoms with Crippen LogP contribution in [0.5, 0.6) is 0 Å². The second kappa shape index (κ2) is 8.55. The predicted octanol–water partition coefficient (Wildman–Crippen LogP) is 6.14. The molecule has 0 aliphatic carbocycles. The molecule has 118 valence electrons. The van der Waals surface area contributed by atoms with Crippen molar-refractivity contribution in [2.45, 2.75) is 65.8 Å². The van der Waals surface area contributed by atoms with Crippen molar-refractivity contribution in [2.75, 3.05) is 0 Å². The van der Waals surface area contributed by atoms with E-state index in [0.717, 1.165) is 0 Å². The highest BCUT2D eigenvalue weighted by Crippen LogP contribution is 2.32. The fourth-order valence-corrected chi connectivity index (χ4v) is 5.89. The quantitative estimate of drug-likeness (QED) is 0.524. The molecule has 2 heteroatoms. The Morgan fingerprint density at radius 2 is 1.57 bits per heavy atom. The molecule has 0 fully saturated rings. The Bertz CT molecular complexity index is 424. The van der Waals surface area contributed by atoms with Crippen LogP contribution in [0.3, 0.4) is 0 Å². The van der Waals surface area contributed by atoms with Crippen LogP contribution >= 0.6 is 0 Å². The van der Waals surface area contributed by atoms with Gasteiger partial charge >= 0.3 is 0 Å². The van der Waals surface area contributed by atoms with Gasteiger partial charge in [-0.3, -0.25) is 0 Å². The summed E-state index contributed by atoms with van der Waals surface area (Å²) in [5.74, 6) is 0.493. The molecular formula is C19H32OSi. The molecule has 0 aliphatic heterocycles. The molecule has 0 radical (unpaired) electrons. The van der Waals surface area contributed by atoms with E-state index in [4.69, 9.17) is 4.43 Å². The lowest BCUT2D eigenvalue weighted by Gasteiger charge is -2.36. The summed E-state index contributed by atoms with van der Waals surface area (Å²) in [6, 6.07) is 14.3. The van der Waals surface area contributed by atoms with E-state index in [-0.39, 0.29) is 6.10 Å². The molecule has 0 spiro atoms. The average molecular weight is 305 g/mol. The largest absolute Gasteiger partial charge is 0.410 e. The van der Waals surface area contributed by atoms with E-state index in [1.807, 2.05) is 0 Å². The molecular weight excluding hydrogens is 272 g/mol. The van der Waals surface area contributed by atoms with Crippen LogP contribution in [0.4, 0.5) is 0 Å². The molecule has 1 aromatic carbocycles. The maximum atomic E-state index is 6.83. The first-order valence-electron chi connectivity index (χ1n) is 8.43. The van der Waals surface area contributed by atoms with Crippen molar-refractivity contribution < 1.29 is 4.43 Å². The van der Waals surface area contributed by atoms with E-state index in [1.54, 1.807) is 0 Å². The third kappa shape index (κ3) is 4.55. The van der Waals surface area contributed by atoms with Gasteiger partial charge in [0.15, 0.2) is 8.32 Å². The molecule has 0 aliphatic rings. The van der Waals surface area contributed by atoms with Crippen LogP contribution in [-0.2, 0) is 4.43 Å². The lowest BCUT2D eigenvalue weighted by molar-refractivity contribution is 0.192. The maximum absolute atomic E-state index is 6.83. The minimum Gasteiger partial charge on any atom is -0.410 e. The number of rotatable bonds is 8. The van der Waals surface area contributed by atoms with E-state index in [9.17, 15) is 0 Å². The lowest BCUT2D eigenvalue weighted by Crippen LogP contribution is -2.42. The third-order valence-corrected chi connectivity index (χ3v) is 9.26. The zero-order valence-electron chi connectivity index (χ0n) is 14.6. The Morgan fingerprint density at radius 1 is 1.05 bits per heavy atom. The van der Waals surface area contributed by atoms with E-state index < -0.39 is 8.32 Å². The minimum absolute atomic E-state index is 0.212. The first kappa shape index (κ1) is 18.2. The van der Waals surface area contributed by atoms with Crippen LogP contribution in [0.25, 0.3) is 5.57 Å². The highest BCUT2D eigenvalue weighted by atomic mass is 28.4. The third-order valence-electron chi connectivity index (χ3n) is 4.64. The zero-order chi connectivity index (χ0) is 15.9. The molecule has 1 rings (SSSR count). The van der Waals surface area contributed by atoms with Gasteiger partial charge in [0, 0.05) is 0 Å². The fourth-order valence-electron chi connectivity index (χ4n) is 2.95. The summed E-state index contributed by atoms with van der Waals surface area (Å²) in [5, 5.41) is 0. The van der Waals surface area contributed by atoms with Crippen LogP contribution in [0.15, 0.2) is 36.4 Å². The highest BCUT2D eigenvalue weighted by Gasteiger charge is 2.34. The van der Waals surface area contributed by atoms with Gasteiger partial charge in [0.25, 0.3) is 0 Å². The molecule has 0 N–H and O–H groups in total. The molecule has 1 aromatic rings. The maximum Gasteiger partial charge on any atom is 0.192 e. The number of allylic oxidation sites excluding steroid dienone is 1. The summed E-state index contributed by atoms with van der Waals surface area (Å²) in [4.78, 5) is 0. The summed E-state index contributed by atoms with van der Waals surface area (Å²) >= 11 is 0. The van der Waals surface area contributed by atoms with Crippen LogP contribution in [0, 0.1) is 5.92 Å². The first-order chi connectivity index (χ1) is 10.0. The van der Waals surface area contributed by atoms with Crippen LogP contribution in [-0.4, -0.2) is 14.4 Å². The van der Waals surface area contributed by atoms with Crippen molar-refractivity contribution in [3.63, 3.8) is 0 Å². The Balaban J connectivity index is 3.11. The standard InChI is InChI=1S/C19H32OSi/c1-7-18(17-14-12-11-13-15-17)19(16(5)6)20-21(8-2,9-3)10-4/h7,11-16,19H,8-10H2,1-6H3/b18-7+/t19-/m0/s1. The lowest BCUT2D eigenvalue weighted by atomic mass is 9.93. The molecule has 0 amide bonds. The van der Waals surface area contributed by atoms with Gasteiger partial charge in [-0.25, -0.2) is 0 Å². The van der Waals surface area contributed by atoms with Crippen molar-refractivity contribution in [3.8, 4) is 0 Å². The molecule has 1 atom stereocenters. The van der Waals surface area contributed by atoms with E-state index in [2.05, 4.69) is 78.0 Å². The highest BCUT2D eigenvalue weighted by molar-refractivity contribution is 6.73. The number of hydrogen-bond donors (Lipinski definition) is 0. The van der Waals surface area contributed by atoms with Gasteiger partial charge in [-0.15, -0.1) is 0 Å². The van der Waals surface area contributed by atoms with Gasteiger partial charge in [-0.1, -0.05) is 71.0 Å². The second-order valence-electron chi connectivity index (χ2n) is 6.14. The topological polar surface area (TPSA) is 9.23 Å². The summed E-state index contributed by atoms with van der Waals surface area (Å²) < 4.78 is 6.83.